The van der Waals surface area contributed by atoms with Crippen LogP contribution in [0.5, 0.6) is 5.75 Å². The Morgan fingerprint density at radius 1 is 1.31 bits per heavy atom. The Kier molecular flexibility index (Phi) is 4.58. The summed E-state index contributed by atoms with van der Waals surface area (Å²) in [7, 11) is 1.39. The molecule has 0 atom stereocenters. The van der Waals surface area contributed by atoms with Crippen LogP contribution in [0, 0.1) is 11.2 Å². The fourth-order valence-electron chi connectivity index (χ4n) is 2.38. The molecular formula is C18H18ClFN4O2. The third-order valence-electron chi connectivity index (χ3n) is 3.76. The lowest BCUT2D eigenvalue weighted by Gasteiger charge is -2.16. The van der Waals surface area contributed by atoms with Gasteiger partial charge in [-0.1, -0.05) is 32.4 Å². The summed E-state index contributed by atoms with van der Waals surface area (Å²) in [5, 5.41) is 8.04. The predicted octanol–water partition coefficient (Wildman–Crippen LogP) is 4.66. The number of benzene rings is 1. The molecule has 1 aromatic carbocycles. The van der Waals surface area contributed by atoms with Crippen molar-refractivity contribution in [1.29, 1.82) is 0 Å². The van der Waals surface area contributed by atoms with Crippen LogP contribution in [0.2, 0.25) is 5.15 Å². The van der Waals surface area contributed by atoms with Crippen molar-refractivity contribution in [3.8, 4) is 5.75 Å². The number of halogens is 2. The number of ether oxygens (including phenoxy) is 1. The third kappa shape index (κ3) is 3.35. The number of rotatable bonds is 3. The highest BCUT2D eigenvalue weighted by Crippen LogP contribution is 2.30. The van der Waals surface area contributed by atoms with Crippen LogP contribution in [0.4, 0.5) is 15.8 Å². The Morgan fingerprint density at radius 2 is 2.04 bits per heavy atom. The maximum atomic E-state index is 13.5. The first kappa shape index (κ1) is 18.1. The molecule has 8 heteroatoms. The van der Waals surface area contributed by atoms with Crippen LogP contribution < -0.4 is 10.1 Å². The van der Waals surface area contributed by atoms with Gasteiger partial charge in [0.15, 0.2) is 22.4 Å². The zero-order valence-corrected chi connectivity index (χ0v) is 15.6. The normalized spacial score (nSPS) is 11.6. The molecule has 0 saturated heterocycles. The molecular weight excluding hydrogens is 359 g/mol. The maximum Gasteiger partial charge on any atom is 0.254 e. The van der Waals surface area contributed by atoms with E-state index in [4.69, 9.17) is 16.3 Å². The summed E-state index contributed by atoms with van der Waals surface area (Å²) in [5.41, 5.74) is 0.881. The number of hydrogen-bond acceptors (Lipinski definition) is 5. The van der Waals surface area contributed by atoms with Crippen LogP contribution in [0.25, 0.3) is 11.0 Å². The van der Waals surface area contributed by atoms with Crippen LogP contribution in [0.1, 0.15) is 25.6 Å². The minimum atomic E-state index is -0.602. The molecule has 0 saturated carbocycles. The number of aromatic nitrogens is 3. The zero-order valence-electron chi connectivity index (χ0n) is 14.8. The van der Waals surface area contributed by atoms with Crippen LogP contribution >= 0.6 is 11.6 Å². The van der Waals surface area contributed by atoms with Gasteiger partial charge in [0.05, 0.1) is 19.0 Å². The highest BCUT2D eigenvalue weighted by atomic mass is 35.5. The minimum absolute atomic E-state index is 0.115. The monoisotopic (exact) mass is 376 g/mol. The van der Waals surface area contributed by atoms with E-state index in [9.17, 15) is 9.18 Å². The van der Waals surface area contributed by atoms with Gasteiger partial charge in [-0.2, -0.15) is 9.78 Å². The van der Waals surface area contributed by atoms with Gasteiger partial charge in [-0.15, -0.1) is 0 Å². The summed E-state index contributed by atoms with van der Waals surface area (Å²) in [6.45, 7) is 5.42. The highest BCUT2D eigenvalue weighted by Gasteiger charge is 2.26. The summed E-state index contributed by atoms with van der Waals surface area (Å²) >= 11 is 6.27. The SMILES string of the molecule is COc1cc(Nc2cc3cnn(C(=O)C(C)(C)C)c3nc2Cl)ccc1F. The molecule has 2 heterocycles. The van der Waals surface area contributed by atoms with Crippen LogP contribution in [-0.2, 0) is 0 Å². The molecule has 0 amide bonds. The third-order valence-corrected chi connectivity index (χ3v) is 4.05. The lowest BCUT2D eigenvalue weighted by atomic mass is 9.96. The van der Waals surface area contributed by atoms with Gasteiger partial charge in [0, 0.05) is 22.6 Å². The van der Waals surface area contributed by atoms with Crippen molar-refractivity contribution < 1.29 is 13.9 Å². The topological polar surface area (TPSA) is 69.0 Å². The van der Waals surface area contributed by atoms with Crippen molar-refractivity contribution in [3.05, 3.63) is 41.4 Å². The number of carbonyl (C=O) groups is 1. The van der Waals surface area contributed by atoms with Crippen molar-refractivity contribution in [2.75, 3.05) is 12.4 Å². The highest BCUT2D eigenvalue weighted by molar-refractivity contribution is 6.32. The number of anilines is 2. The van der Waals surface area contributed by atoms with E-state index in [1.807, 2.05) is 20.8 Å². The van der Waals surface area contributed by atoms with E-state index in [2.05, 4.69) is 15.4 Å². The first-order valence-corrected chi connectivity index (χ1v) is 8.28. The molecule has 26 heavy (non-hydrogen) atoms. The van der Waals surface area contributed by atoms with E-state index < -0.39 is 11.2 Å². The number of hydrogen-bond donors (Lipinski definition) is 1. The number of pyridine rings is 1. The predicted molar refractivity (Wildman–Crippen MR) is 98.9 cm³/mol. The minimum Gasteiger partial charge on any atom is -0.494 e. The molecule has 3 aromatic rings. The molecule has 0 aliphatic heterocycles. The van der Waals surface area contributed by atoms with Crippen LogP contribution in [0.3, 0.4) is 0 Å². The first-order valence-electron chi connectivity index (χ1n) is 7.90. The molecule has 136 valence electrons. The summed E-state index contributed by atoms with van der Waals surface area (Å²) in [4.78, 5) is 16.8. The van der Waals surface area contributed by atoms with Gasteiger partial charge in [-0.25, -0.2) is 9.37 Å². The van der Waals surface area contributed by atoms with Crippen LogP contribution in [-0.4, -0.2) is 27.8 Å². The molecule has 0 spiro atoms. The maximum absolute atomic E-state index is 13.5. The second-order valence-electron chi connectivity index (χ2n) is 6.83. The molecule has 0 aliphatic rings. The van der Waals surface area contributed by atoms with E-state index in [-0.39, 0.29) is 16.8 Å². The zero-order chi connectivity index (χ0) is 19.1. The van der Waals surface area contributed by atoms with Crippen molar-refractivity contribution in [1.82, 2.24) is 14.8 Å². The molecule has 1 N–H and O–H groups in total. The summed E-state index contributed by atoms with van der Waals surface area (Å²) in [5.74, 6) is -0.525. The second-order valence-corrected chi connectivity index (χ2v) is 7.18. The van der Waals surface area contributed by atoms with Gasteiger partial charge < -0.3 is 10.1 Å². The van der Waals surface area contributed by atoms with Gasteiger partial charge in [0.1, 0.15) is 0 Å². The summed E-state index contributed by atoms with van der Waals surface area (Å²) < 4.78 is 19.8. The van der Waals surface area contributed by atoms with Crippen LogP contribution in [0.15, 0.2) is 30.5 Å². The Hall–Kier alpha value is -2.67. The standard InChI is InChI=1S/C18H18ClFN4O2/c1-18(2,3)17(25)24-16-10(9-21-24)7-13(15(19)23-16)22-11-5-6-12(20)14(8-11)26-4/h5-9,22H,1-4H3. The van der Waals surface area contributed by atoms with Gasteiger partial charge >= 0.3 is 0 Å². The molecule has 2 aromatic heterocycles. The number of fused-ring (bicyclic) bond motifs is 1. The molecule has 0 aliphatic carbocycles. The average molecular weight is 377 g/mol. The molecule has 0 fully saturated rings. The largest absolute Gasteiger partial charge is 0.494 e. The van der Waals surface area contributed by atoms with E-state index in [0.29, 0.717) is 22.4 Å². The fraction of sp³-hybridized carbons (Fsp3) is 0.278. The van der Waals surface area contributed by atoms with Crippen molar-refractivity contribution in [2.24, 2.45) is 5.41 Å². The Bertz CT molecular complexity index is 995. The second kappa shape index (κ2) is 6.57. The lowest BCUT2D eigenvalue weighted by Crippen LogP contribution is -2.27. The fourth-order valence-corrected chi connectivity index (χ4v) is 2.57. The van der Waals surface area contributed by atoms with E-state index in [0.717, 1.165) is 0 Å². The number of carbonyl (C=O) groups excluding carboxylic acids is 1. The number of nitrogens with zero attached hydrogens (tertiary/aromatic N) is 3. The summed E-state index contributed by atoms with van der Waals surface area (Å²) in [6.07, 6.45) is 1.55. The molecule has 3 rings (SSSR count). The van der Waals surface area contributed by atoms with E-state index in [1.165, 1.54) is 23.9 Å². The van der Waals surface area contributed by atoms with Gasteiger partial charge in [-0.05, 0) is 18.2 Å². The van der Waals surface area contributed by atoms with E-state index >= 15 is 0 Å². The Morgan fingerprint density at radius 3 is 2.69 bits per heavy atom. The van der Waals surface area contributed by atoms with Crippen molar-refractivity contribution >= 4 is 39.9 Å². The smallest absolute Gasteiger partial charge is 0.254 e. The number of methoxy groups -OCH3 is 1. The Labute approximate surface area is 154 Å². The average Bonchev–Trinajstić information content (AvgIpc) is 2.97. The molecule has 6 nitrogen and oxygen atoms in total. The van der Waals surface area contributed by atoms with Crippen molar-refractivity contribution in [2.45, 2.75) is 20.8 Å². The van der Waals surface area contributed by atoms with E-state index in [1.54, 1.807) is 18.3 Å². The Balaban J connectivity index is 1.99. The quantitative estimate of drug-likeness (QED) is 0.673. The molecule has 0 unspecified atom stereocenters. The lowest BCUT2D eigenvalue weighted by molar-refractivity contribution is 0.0754. The van der Waals surface area contributed by atoms with Gasteiger partial charge in [0.2, 0.25) is 0 Å². The first-order chi connectivity index (χ1) is 12.2. The van der Waals surface area contributed by atoms with Gasteiger partial charge in [-0.3, -0.25) is 4.79 Å². The molecule has 0 bridgehead atoms. The van der Waals surface area contributed by atoms with Crippen molar-refractivity contribution in [3.63, 3.8) is 0 Å². The summed E-state index contributed by atoms with van der Waals surface area (Å²) in [6, 6.07) is 6.11. The molecule has 0 radical (unpaired) electrons. The number of nitrogens with one attached hydrogen (secondary N) is 1. The van der Waals surface area contributed by atoms with Gasteiger partial charge in [0.25, 0.3) is 5.91 Å².